The molecule has 0 radical (unpaired) electrons. The van der Waals surface area contributed by atoms with Crippen molar-refractivity contribution >= 4 is 5.97 Å². The molecule has 1 N–H and O–H groups in total. The highest BCUT2D eigenvalue weighted by Crippen LogP contribution is 2.54. The molecule has 0 unspecified atom stereocenters. The second kappa shape index (κ2) is 3.77. The molecule has 3 nitrogen and oxygen atoms in total. The van der Waals surface area contributed by atoms with Gasteiger partial charge in [-0.3, -0.25) is 0 Å². The molecule has 0 atom stereocenters. The summed E-state index contributed by atoms with van der Waals surface area (Å²) in [5.74, 6) is 1.42. The van der Waals surface area contributed by atoms with Crippen LogP contribution >= 0.6 is 0 Å². The van der Waals surface area contributed by atoms with E-state index in [4.69, 9.17) is 4.74 Å². The molecule has 0 aromatic carbocycles. The Morgan fingerprint density at radius 1 is 1.12 bits per heavy atom. The maximum absolute atomic E-state index is 11.6. The van der Waals surface area contributed by atoms with E-state index in [0.29, 0.717) is 23.7 Å². The lowest BCUT2D eigenvalue weighted by Gasteiger charge is -2.55. The first-order valence-electron chi connectivity index (χ1n) is 6.46. The van der Waals surface area contributed by atoms with E-state index in [1.54, 1.807) is 0 Å². The third-order valence-electron chi connectivity index (χ3n) is 4.85. The highest BCUT2D eigenvalue weighted by atomic mass is 16.5. The van der Waals surface area contributed by atoms with E-state index in [1.807, 2.05) is 0 Å². The van der Waals surface area contributed by atoms with Gasteiger partial charge < -0.3 is 9.84 Å². The highest BCUT2D eigenvalue weighted by molar-refractivity contribution is 5.88. The summed E-state index contributed by atoms with van der Waals surface area (Å²) in [5, 5.41) is 10.1. The molecule has 4 saturated carbocycles. The van der Waals surface area contributed by atoms with Crippen LogP contribution in [0.4, 0.5) is 0 Å². The topological polar surface area (TPSA) is 46.5 Å². The van der Waals surface area contributed by atoms with E-state index in [0.717, 1.165) is 25.7 Å². The van der Waals surface area contributed by atoms with Gasteiger partial charge in [-0.15, -0.1) is 0 Å². The van der Waals surface area contributed by atoms with Crippen LogP contribution in [0.3, 0.4) is 0 Å². The van der Waals surface area contributed by atoms with Crippen LogP contribution in [-0.4, -0.2) is 23.3 Å². The van der Waals surface area contributed by atoms with E-state index in [9.17, 15) is 9.90 Å². The third kappa shape index (κ3) is 1.68. The summed E-state index contributed by atoms with van der Waals surface area (Å²) in [6.45, 7) is 7.05. The molecule has 0 aromatic heterocycles. The van der Waals surface area contributed by atoms with Gasteiger partial charge in [-0.25, -0.2) is 0 Å². The fraction of sp³-hybridized carbons (Fsp3) is 0.714. The predicted molar refractivity (Wildman–Crippen MR) is 62.8 cm³/mol. The zero-order chi connectivity index (χ0) is 12.2. The van der Waals surface area contributed by atoms with Gasteiger partial charge in [0.05, 0.1) is 6.10 Å². The minimum atomic E-state index is -0.358. The first-order chi connectivity index (χ1) is 8.06. The van der Waals surface area contributed by atoms with Crippen molar-refractivity contribution in [1.29, 1.82) is 0 Å². The number of carbonyl (C=O) groups is 1. The van der Waals surface area contributed by atoms with Crippen LogP contribution < -0.4 is 0 Å². The maximum Gasteiger partial charge on any atom is 0.449 e. The maximum atomic E-state index is 11.6. The second-order valence-corrected chi connectivity index (χ2v) is 5.95. The quantitative estimate of drug-likeness (QED) is 0.450. The Morgan fingerprint density at radius 3 is 2.00 bits per heavy atom. The molecular formula is C14H19O3+. The number of hydrogen-bond donors (Lipinski definition) is 1. The second-order valence-electron chi connectivity index (χ2n) is 5.95. The zero-order valence-corrected chi connectivity index (χ0v) is 9.97. The van der Waals surface area contributed by atoms with Gasteiger partial charge in [-0.1, -0.05) is 0 Å². The summed E-state index contributed by atoms with van der Waals surface area (Å²) in [6, 6.07) is 0. The molecular weight excluding hydrogens is 216 g/mol. The Hall–Kier alpha value is -0.960. The number of carbonyl (C=O) groups excluding carboxylic acids is 1. The standard InChI is InChI=1S/C14H19O3/c1-7(2)14(16)17-13-10-3-8-4-11(13)6-9(5-10)12(8)15/h8-13,15H,1-6H2/q+1. The fourth-order valence-corrected chi connectivity index (χ4v) is 4.20. The van der Waals surface area contributed by atoms with Crippen LogP contribution in [0.1, 0.15) is 25.7 Å². The van der Waals surface area contributed by atoms with Gasteiger partial charge in [0.1, 0.15) is 6.10 Å². The molecule has 4 bridgehead atoms. The van der Waals surface area contributed by atoms with Crippen LogP contribution in [0, 0.1) is 30.6 Å². The number of hydrogen-bond acceptors (Lipinski definition) is 3. The molecule has 4 rings (SSSR count). The smallest absolute Gasteiger partial charge is 0.398 e. The van der Waals surface area contributed by atoms with E-state index in [-0.39, 0.29) is 23.8 Å². The monoisotopic (exact) mass is 235 g/mol. The van der Waals surface area contributed by atoms with Crippen LogP contribution in [0.15, 0.2) is 12.2 Å². The lowest BCUT2D eigenvalue weighted by atomic mass is 9.53. The number of ether oxygens (including phenoxy) is 1. The van der Waals surface area contributed by atoms with E-state index in [2.05, 4.69) is 13.5 Å². The SMILES string of the molecule is C=C([CH2+])C(=O)OC1C2CC3CC1CC(C2)C3O. The van der Waals surface area contributed by atoms with Crippen LogP contribution in [-0.2, 0) is 9.53 Å². The number of rotatable bonds is 2. The Kier molecular flexibility index (Phi) is 2.47. The van der Waals surface area contributed by atoms with Gasteiger partial charge in [0, 0.05) is 13.5 Å². The number of esters is 1. The molecule has 4 fully saturated rings. The highest BCUT2D eigenvalue weighted by Gasteiger charge is 2.54. The van der Waals surface area contributed by atoms with Crippen molar-refractivity contribution in [1.82, 2.24) is 0 Å². The van der Waals surface area contributed by atoms with Crippen molar-refractivity contribution in [2.45, 2.75) is 37.9 Å². The van der Waals surface area contributed by atoms with E-state index < -0.39 is 0 Å². The van der Waals surface area contributed by atoms with Crippen LogP contribution in [0.2, 0.25) is 0 Å². The van der Waals surface area contributed by atoms with Crippen LogP contribution in [0.25, 0.3) is 0 Å². The Morgan fingerprint density at radius 2 is 1.59 bits per heavy atom. The Bertz CT molecular complexity index is 330. The summed E-state index contributed by atoms with van der Waals surface area (Å²) in [4.78, 5) is 11.6. The van der Waals surface area contributed by atoms with E-state index in [1.165, 1.54) is 0 Å². The molecule has 4 aliphatic carbocycles. The molecule has 0 spiro atoms. The normalized spacial score (nSPS) is 46.9. The van der Waals surface area contributed by atoms with Crippen molar-refractivity contribution in [2.24, 2.45) is 23.7 Å². The molecule has 0 aromatic rings. The Balaban J connectivity index is 1.73. The first kappa shape index (κ1) is 11.1. The fourth-order valence-electron chi connectivity index (χ4n) is 4.20. The minimum absolute atomic E-state index is 0.0426. The third-order valence-corrected chi connectivity index (χ3v) is 4.85. The summed E-state index contributed by atoms with van der Waals surface area (Å²) < 4.78 is 5.54. The first-order valence-corrected chi connectivity index (χ1v) is 6.46. The van der Waals surface area contributed by atoms with Crippen molar-refractivity contribution < 1.29 is 14.6 Å². The largest absolute Gasteiger partial charge is 0.449 e. The molecule has 0 aliphatic heterocycles. The number of aliphatic hydroxyl groups is 1. The summed E-state index contributed by atoms with van der Waals surface area (Å²) in [7, 11) is 0. The predicted octanol–water partition coefficient (Wildman–Crippen LogP) is 1.72. The molecule has 0 amide bonds. The minimum Gasteiger partial charge on any atom is -0.398 e. The molecule has 17 heavy (non-hydrogen) atoms. The average Bonchev–Trinajstić information content (AvgIpc) is 2.26. The lowest BCUT2D eigenvalue weighted by molar-refractivity contribution is -0.181. The summed E-state index contributed by atoms with van der Waals surface area (Å²) in [5.41, 5.74) is 0.235. The average molecular weight is 235 g/mol. The molecule has 92 valence electrons. The molecule has 0 heterocycles. The van der Waals surface area contributed by atoms with Gasteiger partial charge in [-0.05, 0) is 49.4 Å². The molecule has 4 aliphatic rings. The van der Waals surface area contributed by atoms with Gasteiger partial charge in [0.15, 0.2) is 0 Å². The summed E-state index contributed by atoms with van der Waals surface area (Å²) in [6.07, 6.45) is 3.97. The molecule has 0 saturated heterocycles. The van der Waals surface area contributed by atoms with Crippen molar-refractivity contribution in [3.8, 4) is 0 Å². The van der Waals surface area contributed by atoms with Crippen LogP contribution in [0.5, 0.6) is 0 Å². The van der Waals surface area contributed by atoms with Gasteiger partial charge >= 0.3 is 5.97 Å². The van der Waals surface area contributed by atoms with Crippen molar-refractivity contribution in [3.63, 3.8) is 0 Å². The van der Waals surface area contributed by atoms with Gasteiger partial charge in [0.2, 0.25) is 5.57 Å². The zero-order valence-electron chi connectivity index (χ0n) is 9.97. The van der Waals surface area contributed by atoms with Crippen molar-refractivity contribution in [3.05, 3.63) is 19.1 Å². The van der Waals surface area contributed by atoms with Gasteiger partial charge in [-0.2, -0.15) is 4.79 Å². The Labute approximate surface area is 102 Å². The summed E-state index contributed by atoms with van der Waals surface area (Å²) >= 11 is 0. The van der Waals surface area contributed by atoms with E-state index >= 15 is 0 Å². The van der Waals surface area contributed by atoms with Crippen molar-refractivity contribution in [2.75, 3.05) is 0 Å². The number of aliphatic hydroxyl groups excluding tert-OH is 1. The van der Waals surface area contributed by atoms with Gasteiger partial charge in [0.25, 0.3) is 0 Å². The lowest BCUT2D eigenvalue weighted by Crippen LogP contribution is -2.55. The molecule has 3 heteroatoms.